The van der Waals surface area contributed by atoms with Crippen molar-refractivity contribution in [3.63, 3.8) is 0 Å². The molecule has 0 amide bonds. The highest BCUT2D eigenvalue weighted by atomic mass is 35.5. The number of H-pyrrole nitrogens is 1. The number of rotatable bonds is 6. The third-order valence-electron chi connectivity index (χ3n) is 4.60. The summed E-state index contributed by atoms with van der Waals surface area (Å²) in [6.07, 6.45) is 2.50. The molecule has 0 aliphatic heterocycles. The van der Waals surface area contributed by atoms with Crippen LogP contribution in [0.5, 0.6) is 0 Å². The molecule has 28 heavy (non-hydrogen) atoms. The molecule has 0 unspecified atom stereocenters. The van der Waals surface area contributed by atoms with Gasteiger partial charge in [-0.1, -0.05) is 59.9 Å². The average Bonchev–Trinajstić information content (AvgIpc) is 3.22. The first-order valence-corrected chi connectivity index (χ1v) is 9.68. The Morgan fingerprint density at radius 3 is 2.46 bits per heavy atom. The highest BCUT2D eigenvalue weighted by Crippen LogP contribution is 2.42. The zero-order valence-corrected chi connectivity index (χ0v) is 16.5. The summed E-state index contributed by atoms with van der Waals surface area (Å²) in [6.45, 7) is 0.729. The van der Waals surface area contributed by atoms with Crippen molar-refractivity contribution in [2.75, 3.05) is 5.32 Å². The van der Waals surface area contributed by atoms with Crippen LogP contribution in [-0.4, -0.2) is 30.8 Å². The SMILES string of the molecule is Cl.c1ccc(-c2nnn[nH]2)c(-c2ccc(CNc3nnc(C4CC4)s3)cc2)c1. The first-order chi connectivity index (χ1) is 13.4. The number of hydrogen-bond acceptors (Lipinski definition) is 7. The molecule has 2 aromatic heterocycles. The summed E-state index contributed by atoms with van der Waals surface area (Å²) < 4.78 is 0. The van der Waals surface area contributed by atoms with Gasteiger partial charge in [-0.05, 0) is 40.0 Å². The molecule has 5 rings (SSSR count). The monoisotopic (exact) mass is 411 g/mol. The van der Waals surface area contributed by atoms with E-state index < -0.39 is 0 Å². The van der Waals surface area contributed by atoms with Gasteiger partial charge in [0, 0.05) is 18.0 Å². The summed E-state index contributed by atoms with van der Waals surface area (Å²) in [5, 5.41) is 28.1. The summed E-state index contributed by atoms with van der Waals surface area (Å²) in [5.74, 6) is 1.32. The number of halogens is 1. The van der Waals surface area contributed by atoms with Crippen LogP contribution in [0.3, 0.4) is 0 Å². The van der Waals surface area contributed by atoms with E-state index in [1.54, 1.807) is 11.3 Å². The van der Waals surface area contributed by atoms with Gasteiger partial charge in [-0.3, -0.25) is 0 Å². The molecule has 0 saturated heterocycles. The van der Waals surface area contributed by atoms with Crippen molar-refractivity contribution < 1.29 is 0 Å². The zero-order valence-electron chi connectivity index (χ0n) is 14.9. The topological polar surface area (TPSA) is 92.3 Å². The first kappa shape index (κ1) is 18.5. The van der Waals surface area contributed by atoms with E-state index in [1.165, 1.54) is 18.4 Å². The van der Waals surface area contributed by atoms with Gasteiger partial charge < -0.3 is 5.32 Å². The molecule has 4 aromatic rings. The van der Waals surface area contributed by atoms with Gasteiger partial charge in [0.15, 0.2) is 5.82 Å². The summed E-state index contributed by atoms with van der Waals surface area (Å²) in [4.78, 5) is 0. The molecule has 1 aliphatic carbocycles. The van der Waals surface area contributed by atoms with E-state index in [9.17, 15) is 0 Å². The Morgan fingerprint density at radius 1 is 0.964 bits per heavy atom. The second kappa shape index (κ2) is 8.04. The van der Waals surface area contributed by atoms with Crippen molar-refractivity contribution >= 4 is 28.9 Å². The fraction of sp³-hybridized carbons (Fsp3) is 0.211. The largest absolute Gasteiger partial charge is 0.356 e. The second-order valence-electron chi connectivity index (χ2n) is 6.57. The molecule has 0 bridgehead atoms. The number of aromatic amines is 1. The molecule has 1 saturated carbocycles. The molecule has 0 spiro atoms. The van der Waals surface area contributed by atoms with Gasteiger partial charge in [-0.15, -0.1) is 27.7 Å². The summed E-state index contributed by atoms with van der Waals surface area (Å²) >= 11 is 1.67. The van der Waals surface area contributed by atoms with Crippen LogP contribution in [0.25, 0.3) is 22.5 Å². The van der Waals surface area contributed by atoms with E-state index in [2.05, 4.69) is 66.5 Å². The highest BCUT2D eigenvalue weighted by Gasteiger charge is 2.27. The van der Waals surface area contributed by atoms with Crippen LogP contribution >= 0.6 is 23.7 Å². The van der Waals surface area contributed by atoms with Crippen molar-refractivity contribution in [3.05, 3.63) is 59.1 Å². The Balaban J connectivity index is 0.00000192. The predicted molar refractivity (Wildman–Crippen MR) is 112 cm³/mol. The molecular weight excluding hydrogens is 394 g/mol. The Morgan fingerprint density at radius 2 is 1.75 bits per heavy atom. The van der Waals surface area contributed by atoms with Crippen molar-refractivity contribution in [1.29, 1.82) is 0 Å². The maximum Gasteiger partial charge on any atom is 0.205 e. The van der Waals surface area contributed by atoms with Gasteiger partial charge in [0.05, 0.1) is 0 Å². The van der Waals surface area contributed by atoms with E-state index in [0.29, 0.717) is 11.7 Å². The quantitative estimate of drug-likeness (QED) is 0.491. The van der Waals surface area contributed by atoms with Gasteiger partial charge in [-0.25, -0.2) is 5.10 Å². The molecule has 2 N–H and O–H groups in total. The van der Waals surface area contributed by atoms with Crippen LogP contribution in [0.4, 0.5) is 5.13 Å². The van der Waals surface area contributed by atoms with E-state index in [1.807, 2.05) is 18.2 Å². The third kappa shape index (κ3) is 3.88. The van der Waals surface area contributed by atoms with Gasteiger partial charge >= 0.3 is 0 Å². The Labute approximate surface area is 172 Å². The summed E-state index contributed by atoms with van der Waals surface area (Å²) in [7, 11) is 0. The van der Waals surface area contributed by atoms with Crippen LogP contribution in [0, 0.1) is 0 Å². The van der Waals surface area contributed by atoms with E-state index in [0.717, 1.165) is 33.4 Å². The fourth-order valence-corrected chi connectivity index (χ4v) is 3.90. The lowest BCUT2D eigenvalue weighted by molar-refractivity contribution is 0.881. The minimum absolute atomic E-state index is 0. The van der Waals surface area contributed by atoms with Crippen LogP contribution < -0.4 is 5.32 Å². The minimum atomic E-state index is 0. The number of tetrazole rings is 1. The number of benzene rings is 2. The number of nitrogens with zero attached hydrogens (tertiary/aromatic N) is 5. The normalized spacial score (nSPS) is 13.1. The van der Waals surface area contributed by atoms with Crippen molar-refractivity contribution in [2.45, 2.75) is 25.3 Å². The average molecular weight is 412 g/mol. The highest BCUT2D eigenvalue weighted by molar-refractivity contribution is 7.15. The molecule has 142 valence electrons. The number of hydrogen-bond donors (Lipinski definition) is 2. The Bertz CT molecular complexity index is 1040. The van der Waals surface area contributed by atoms with Gasteiger partial charge in [0.25, 0.3) is 0 Å². The number of nitrogens with one attached hydrogen (secondary N) is 2. The maximum absolute atomic E-state index is 4.27. The fourth-order valence-electron chi connectivity index (χ4n) is 3.00. The van der Waals surface area contributed by atoms with Crippen LogP contribution in [0.1, 0.15) is 29.3 Å². The van der Waals surface area contributed by atoms with Crippen molar-refractivity contribution in [2.24, 2.45) is 0 Å². The Hall–Kier alpha value is -2.84. The maximum atomic E-state index is 4.27. The molecule has 1 fully saturated rings. The number of anilines is 1. The molecule has 1 aliphatic rings. The summed E-state index contributed by atoms with van der Waals surface area (Å²) in [6, 6.07) is 16.6. The van der Waals surface area contributed by atoms with E-state index >= 15 is 0 Å². The first-order valence-electron chi connectivity index (χ1n) is 8.86. The standard InChI is InChI=1S/C19H17N7S.ClH/c1-2-4-16(17-21-25-26-22-17)15(3-1)13-7-5-12(6-8-13)11-20-19-24-23-18(27-19)14-9-10-14;/h1-8,14H,9-11H2,(H,20,24)(H,21,22,25,26);1H. The second-order valence-corrected chi connectivity index (χ2v) is 7.57. The Kier molecular flexibility index (Phi) is 5.31. The van der Waals surface area contributed by atoms with Crippen LogP contribution in [0.2, 0.25) is 0 Å². The van der Waals surface area contributed by atoms with Crippen molar-refractivity contribution in [3.8, 4) is 22.5 Å². The molecule has 2 aromatic carbocycles. The lowest BCUT2D eigenvalue weighted by Crippen LogP contribution is -1.98. The lowest BCUT2D eigenvalue weighted by atomic mass is 9.98. The molecule has 0 radical (unpaired) electrons. The lowest BCUT2D eigenvalue weighted by Gasteiger charge is -2.08. The summed E-state index contributed by atoms with van der Waals surface area (Å²) in [5.41, 5.74) is 4.39. The molecule has 7 nitrogen and oxygen atoms in total. The predicted octanol–water partition coefficient (Wildman–Crippen LogP) is 4.30. The van der Waals surface area contributed by atoms with E-state index in [4.69, 9.17) is 0 Å². The van der Waals surface area contributed by atoms with Crippen molar-refractivity contribution in [1.82, 2.24) is 30.8 Å². The number of aromatic nitrogens is 6. The zero-order chi connectivity index (χ0) is 18.1. The minimum Gasteiger partial charge on any atom is -0.356 e. The van der Waals surface area contributed by atoms with E-state index in [-0.39, 0.29) is 12.4 Å². The van der Waals surface area contributed by atoms with Crippen LogP contribution in [0.15, 0.2) is 48.5 Å². The van der Waals surface area contributed by atoms with Gasteiger partial charge in [0.1, 0.15) is 5.01 Å². The van der Waals surface area contributed by atoms with Gasteiger partial charge in [-0.2, -0.15) is 0 Å². The van der Waals surface area contributed by atoms with Gasteiger partial charge in [0.2, 0.25) is 5.13 Å². The molecule has 0 atom stereocenters. The molecule has 9 heteroatoms. The smallest absolute Gasteiger partial charge is 0.205 e. The third-order valence-corrected chi connectivity index (χ3v) is 5.65. The van der Waals surface area contributed by atoms with Crippen LogP contribution in [-0.2, 0) is 6.54 Å². The molecule has 2 heterocycles. The molecular formula is C19H18ClN7S.